The summed E-state index contributed by atoms with van der Waals surface area (Å²) in [6.07, 6.45) is 3.20. The Hall–Kier alpha value is -2.15. The second-order valence-corrected chi connectivity index (χ2v) is 6.44. The molecule has 0 bridgehead atoms. The minimum absolute atomic E-state index is 0.0295. The molecule has 3 rings (SSSR count). The van der Waals surface area contributed by atoms with Gasteiger partial charge < -0.3 is 10.6 Å². The van der Waals surface area contributed by atoms with E-state index in [1.165, 1.54) is 12.5 Å². The number of fused-ring (bicyclic) bond motifs is 1. The van der Waals surface area contributed by atoms with Gasteiger partial charge in [0.2, 0.25) is 0 Å². The average molecular weight is 318 g/mol. The molecule has 23 heavy (non-hydrogen) atoms. The van der Waals surface area contributed by atoms with Crippen molar-refractivity contribution in [3.05, 3.63) is 33.4 Å². The maximum atomic E-state index is 12.9. The van der Waals surface area contributed by atoms with Crippen molar-refractivity contribution in [2.75, 3.05) is 31.9 Å². The van der Waals surface area contributed by atoms with Crippen molar-refractivity contribution in [3.63, 3.8) is 0 Å². The van der Waals surface area contributed by atoms with Gasteiger partial charge in [-0.3, -0.25) is 19.8 Å². The molecule has 1 atom stereocenters. The largest absolute Gasteiger partial charge is 0.393 e. The summed E-state index contributed by atoms with van der Waals surface area (Å²) >= 11 is 0. The molecule has 7 nitrogen and oxygen atoms in total. The Morgan fingerprint density at radius 1 is 1.30 bits per heavy atom. The van der Waals surface area contributed by atoms with Crippen LogP contribution in [0.5, 0.6) is 0 Å². The van der Waals surface area contributed by atoms with Crippen LogP contribution in [0.3, 0.4) is 0 Å². The van der Waals surface area contributed by atoms with Crippen molar-refractivity contribution < 1.29 is 9.72 Å². The molecule has 2 aliphatic rings. The van der Waals surface area contributed by atoms with Crippen LogP contribution in [0.15, 0.2) is 12.1 Å². The maximum absolute atomic E-state index is 12.9. The van der Waals surface area contributed by atoms with Gasteiger partial charge in [-0.2, -0.15) is 0 Å². The van der Waals surface area contributed by atoms with E-state index in [1.807, 2.05) is 4.90 Å². The van der Waals surface area contributed by atoms with E-state index in [1.54, 1.807) is 13.0 Å². The number of carbonyl (C=O) groups excluding carboxylic acids is 1. The van der Waals surface area contributed by atoms with Crippen molar-refractivity contribution in [1.82, 2.24) is 9.80 Å². The molecule has 7 heteroatoms. The normalized spacial score (nSPS) is 21.8. The molecule has 0 aromatic heterocycles. The zero-order chi connectivity index (χ0) is 16.6. The van der Waals surface area contributed by atoms with Crippen LogP contribution in [0.1, 0.15) is 35.2 Å². The Morgan fingerprint density at radius 2 is 2.04 bits per heavy atom. The van der Waals surface area contributed by atoms with Crippen LogP contribution in [0.2, 0.25) is 0 Å². The summed E-state index contributed by atoms with van der Waals surface area (Å²) in [7, 11) is 0. The van der Waals surface area contributed by atoms with Gasteiger partial charge in [0, 0.05) is 31.7 Å². The van der Waals surface area contributed by atoms with E-state index in [0.29, 0.717) is 24.7 Å². The molecule has 0 saturated carbocycles. The number of nitro benzene ring substituents is 1. The van der Waals surface area contributed by atoms with E-state index in [4.69, 9.17) is 5.73 Å². The van der Waals surface area contributed by atoms with Crippen LogP contribution in [0, 0.1) is 17.0 Å². The number of hydrogen-bond donors (Lipinski definition) is 1. The zero-order valence-electron chi connectivity index (χ0n) is 13.3. The molecule has 1 unspecified atom stereocenters. The number of hydrogen-bond acceptors (Lipinski definition) is 5. The Labute approximate surface area is 135 Å². The van der Waals surface area contributed by atoms with Gasteiger partial charge in [-0.05, 0) is 44.4 Å². The van der Waals surface area contributed by atoms with Crippen molar-refractivity contribution in [2.24, 2.45) is 0 Å². The Morgan fingerprint density at radius 3 is 2.78 bits per heavy atom. The lowest BCUT2D eigenvalue weighted by Crippen LogP contribution is -2.39. The fourth-order valence-corrected chi connectivity index (χ4v) is 3.67. The molecule has 2 N–H and O–H groups in total. The first-order valence-electron chi connectivity index (χ1n) is 8.05. The second kappa shape index (κ2) is 6.16. The number of anilines is 1. The van der Waals surface area contributed by atoms with E-state index >= 15 is 0 Å². The first-order chi connectivity index (χ1) is 11.0. The standard InChI is InChI=1S/C16H22N4O3/c1-11-8-13(15(17)14(9-11)20(22)23)16(21)19-7-3-6-18-5-2-4-12(18)10-19/h8-9,12H,2-7,10,17H2,1H3. The summed E-state index contributed by atoms with van der Waals surface area (Å²) < 4.78 is 0. The molecule has 1 aromatic carbocycles. The highest BCUT2D eigenvalue weighted by molar-refractivity contribution is 6.01. The molecule has 0 radical (unpaired) electrons. The fourth-order valence-electron chi connectivity index (χ4n) is 3.67. The van der Waals surface area contributed by atoms with Gasteiger partial charge >= 0.3 is 0 Å². The van der Waals surface area contributed by atoms with Crippen molar-refractivity contribution in [1.29, 1.82) is 0 Å². The summed E-state index contributed by atoms with van der Waals surface area (Å²) in [5, 5.41) is 11.1. The smallest absolute Gasteiger partial charge is 0.293 e. The highest BCUT2D eigenvalue weighted by Gasteiger charge is 2.32. The van der Waals surface area contributed by atoms with Crippen LogP contribution >= 0.6 is 0 Å². The summed E-state index contributed by atoms with van der Waals surface area (Å²) in [5.41, 5.74) is 6.61. The number of benzene rings is 1. The second-order valence-electron chi connectivity index (χ2n) is 6.44. The van der Waals surface area contributed by atoms with Crippen molar-refractivity contribution in [3.8, 4) is 0 Å². The molecular weight excluding hydrogens is 296 g/mol. The average Bonchev–Trinajstić information content (AvgIpc) is 2.85. The molecule has 1 amide bonds. The summed E-state index contributed by atoms with van der Waals surface area (Å²) in [6, 6.07) is 3.47. The molecular formula is C16H22N4O3. The van der Waals surface area contributed by atoms with Gasteiger partial charge in [-0.25, -0.2) is 0 Å². The monoisotopic (exact) mass is 318 g/mol. The van der Waals surface area contributed by atoms with Crippen LogP contribution in [-0.2, 0) is 0 Å². The highest BCUT2D eigenvalue weighted by atomic mass is 16.6. The topological polar surface area (TPSA) is 92.7 Å². The minimum atomic E-state index is -0.528. The van der Waals surface area contributed by atoms with Crippen molar-refractivity contribution in [2.45, 2.75) is 32.2 Å². The third kappa shape index (κ3) is 3.01. The predicted octanol–water partition coefficient (Wildman–Crippen LogP) is 1.80. The number of amides is 1. The number of aryl methyl sites for hydroxylation is 1. The van der Waals surface area contributed by atoms with Crippen LogP contribution in [0.25, 0.3) is 0 Å². The third-order valence-electron chi connectivity index (χ3n) is 4.82. The summed E-state index contributed by atoms with van der Waals surface area (Å²) in [6.45, 7) is 5.21. The Balaban J connectivity index is 1.89. The summed E-state index contributed by atoms with van der Waals surface area (Å²) in [4.78, 5) is 27.7. The molecule has 0 spiro atoms. The SMILES string of the molecule is Cc1cc(C(=O)N2CCCN3CCCC3C2)c(N)c([N+](=O)[O-])c1. The number of rotatable bonds is 2. The van der Waals surface area contributed by atoms with E-state index in [2.05, 4.69) is 4.90 Å². The molecule has 1 aromatic rings. The lowest BCUT2D eigenvalue weighted by molar-refractivity contribution is -0.384. The van der Waals surface area contributed by atoms with E-state index in [-0.39, 0.29) is 22.8 Å². The van der Waals surface area contributed by atoms with Crippen molar-refractivity contribution >= 4 is 17.3 Å². The van der Waals surface area contributed by atoms with Crippen LogP contribution in [0.4, 0.5) is 11.4 Å². The quantitative estimate of drug-likeness (QED) is 0.510. The molecule has 2 aliphatic heterocycles. The summed E-state index contributed by atoms with van der Waals surface area (Å²) in [5.74, 6) is -0.192. The van der Waals surface area contributed by atoms with E-state index in [0.717, 1.165) is 25.9 Å². The number of nitro groups is 1. The van der Waals surface area contributed by atoms with Crippen LogP contribution < -0.4 is 5.73 Å². The number of nitrogen functional groups attached to an aromatic ring is 1. The Bertz CT molecular complexity index is 646. The molecule has 2 saturated heterocycles. The molecule has 2 fully saturated rings. The molecule has 124 valence electrons. The predicted molar refractivity (Wildman–Crippen MR) is 87.4 cm³/mol. The fraction of sp³-hybridized carbons (Fsp3) is 0.562. The lowest BCUT2D eigenvalue weighted by Gasteiger charge is -2.26. The van der Waals surface area contributed by atoms with Crippen LogP contribution in [-0.4, -0.2) is 52.9 Å². The van der Waals surface area contributed by atoms with Gasteiger partial charge in [-0.1, -0.05) is 0 Å². The first kappa shape index (κ1) is 15.7. The number of nitrogens with zero attached hydrogens (tertiary/aromatic N) is 3. The van der Waals surface area contributed by atoms with E-state index in [9.17, 15) is 14.9 Å². The van der Waals surface area contributed by atoms with Gasteiger partial charge in [0.05, 0.1) is 10.5 Å². The highest BCUT2D eigenvalue weighted by Crippen LogP contribution is 2.29. The van der Waals surface area contributed by atoms with E-state index < -0.39 is 4.92 Å². The third-order valence-corrected chi connectivity index (χ3v) is 4.82. The lowest BCUT2D eigenvalue weighted by atomic mass is 10.1. The first-order valence-corrected chi connectivity index (χ1v) is 8.05. The zero-order valence-corrected chi connectivity index (χ0v) is 13.3. The van der Waals surface area contributed by atoms with Gasteiger partial charge in [0.1, 0.15) is 5.69 Å². The number of carbonyl (C=O) groups is 1. The van der Waals surface area contributed by atoms with Gasteiger partial charge in [-0.15, -0.1) is 0 Å². The van der Waals surface area contributed by atoms with Gasteiger partial charge in [0.25, 0.3) is 11.6 Å². The molecule has 0 aliphatic carbocycles. The Kier molecular flexibility index (Phi) is 4.21. The minimum Gasteiger partial charge on any atom is -0.393 e. The number of nitrogens with two attached hydrogens (primary N) is 1. The molecule has 2 heterocycles. The maximum Gasteiger partial charge on any atom is 0.293 e. The van der Waals surface area contributed by atoms with Gasteiger partial charge in [0.15, 0.2) is 0 Å².